The van der Waals surface area contributed by atoms with E-state index in [1.165, 1.54) is 6.42 Å². The third-order valence-electron chi connectivity index (χ3n) is 12.4. The lowest BCUT2D eigenvalue weighted by Gasteiger charge is -2.43. The van der Waals surface area contributed by atoms with Gasteiger partial charge in [0.1, 0.15) is 5.75 Å². The van der Waals surface area contributed by atoms with Gasteiger partial charge in [0.25, 0.3) is 5.91 Å². The molecule has 6 rings (SSSR count). The lowest BCUT2D eigenvalue weighted by molar-refractivity contribution is -0.144. The second-order valence-corrected chi connectivity index (χ2v) is 16.4. The zero-order valence-corrected chi connectivity index (χ0v) is 34.4. The first-order valence-corrected chi connectivity index (χ1v) is 21.4. The maximum atomic E-state index is 14.2. The molecule has 2 N–H and O–H groups in total. The summed E-state index contributed by atoms with van der Waals surface area (Å²) in [7, 11) is 0. The number of ether oxygens (including phenoxy) is 2. The van der Waals surface area contributed by atoms with Crippen molar-refractivity contribution in [1.82, 2.24) is 24.5 Å². The molecule has 3 saturated heterocycles. The number of aryl methyl sites for hydroxylation is 2. The smallest absolute Gasteiger partial charge is 0.410 e. The van der Waals surface area contributed by atoms with Crippen molar-refractivity contribution in [3.63, 3.8) is 0 Å². The highest BCUT2D eigenvalue weighted by Crippen LogP contribution is 2.27. The van der Waals surface area contributed by atoms with Crippen molar-refractivity contribution in [2.24, 2.45) is 0 Å². The molecule has 4 amide bonds. The molecule has 13 nitrogen and oxygen atoms in total. The number of carbonyl (C=O) groups excluding carboxylic acids is 4. The third-order valence-corrected chi connectivity index (χ3v) is 12.4. The fraction of sp³-hybridized carbons (Fsp3) is 0.644. The van der Waals surface area contributed by atoms with Crippen LogP contribution in [-0.2, 0) is 31.9 Å². The molecule has 0 aromatic heterocycles. The number of anilines is 1. The van der Waals surface area contributed by atoms with Crippen molar-refractivity contribution in [3.05, 3.63) is 58.7 Å². The Morgan fingerprint density at radius 3 is 2.21 bits per heavy atom. The van der Waals surface area contributed by atoms with Crippen molar-refractivity contribution < 1.29 is 33.8 Å². The zero-order valence-electron chi connectivity index (χ0n) is 34.4. The third kappa shape index (κ3) is 11.9. The minimum absolute atomic E-state index is 0. The van der Waals surface area contributed by atoms with E-state index in [-0.39, 0.29) is 43.5 Å². The summed E-state index contributed by atoms with van der Waals surface area (Å²) in [6, 6.07) is 11.9. The maximum absolute atomic E-state index is 14.2. The number of hydrogen-bond acceptors (Lipinski definition) is 9. The van der Waals surface area contributed by atoms with Gasteiger partial charge in [-0.1, -0.05) is 63.9 Å². The number of nitrogens with one attached hydrogen (secondary N) is 1. The molecule has 0 radical (unpaired) electrons. The Morgan fingerprint density at radius 2 is 1.52 bits per heavy atom. The Hall–Kier alpha value is -4.36. The molecular weight excluding hydrogens is 737 g/mol. The number of piperazine rings is 1. The molecule has 4 heterocycles. The van der Waals surface area contributed by atoms with Crippen LogP contribution in [0.4, 0.5) is 15.3 Å². The van der Waals surface area contributed by atoms with E-state index < -0.39 is 12.2 Å². The molecular formula is C45H68N6O7. The first kappa shape index (κ1) is 44.7. The topological polar surface area (TPSA) is 135 Å². The van der Waals surface area contributed by atoms with Crippen LogP contribution in [0.5, 0.6) is 5.75 Å². The number of aromatic hydroxyl groups is 1. The molecule has 4 aliphatic heterocycles. The van der Waals surface area contributed by atoms with Gasteiger partial charge in [-0.3, -0.25) is 14.5 Å². The largest absolute Gasteiger partial charge is 0.507 e. The number of unbranched alkanes of at least 4 members (excludes halogenated alkanes) is 3. The number of phenols is 1. The van der Waals surface area contributed by atoms with E-state index in [4.69, 9.17) is 9.47 Å². The second kappa shape index (κ2) is 21.6. The summed E-state index contributed by atoms with van der Waals surface area (Å²) in [5, 5.41) is 13.5. The first-order chi connectivity index (χ1) is 27.6. The maximum Gasteiger partial charge on any atom is 0.410 e. The normalized spacial score (nSPS) is 19.1. The number of rotatable bonds is 14. The van der Waals surface area contributed by atoms with Gasteiger partial charge in [-0.15, -0.1) is 0 Å². The summed E-state index contributed by atoms with van der Waals surface area (Å²) in [6.45, 7) is 13.0. The summed E-state index contributed by atoms with van der Waals surface area (Å²) < 4.78 is 11.5. The SMILES string of the molecule is C.CCCCCCOC(=O)CCN1CCC(N2CCN(C(=O)[C@@H](Cc3cc(C)c(O)c(C)c3)OC(=O)N3CCC(N4CCc5ccccc5NC4=O)CC3)CC2)CC1. The van der Waals surface area contributed by atoms with Gasteiger partial charge < -0.3 is 39.5 Å². The molecule has 58 heavy (non-hydrogen) atoms. The van der Waals surface area contributed by atoms with E-state index in [1.54, 1.807) is 4.90 Å². The van der Waals surface area contributed by atoms with Crippen LogP contribution in [-0.4, -0.2) is 144 Å². The lowest BCUT2D eigenvalue weighted by Crippen LogP contribution is -2.56. The number of urea groups is 1. The van der Waals surface area contributed by atoms with E-state index in [2.05, 4.69) is 22.0 Å². The van der Waals surface area contributed by atoms with E-state index in [0.29, 0.717) is 75.8 Å². The molecule has 0 aliphatic carbocycles. The van der Waals surface area contributed by atoms with Gasteiger partial charge >= 0.3 is 18.1 Å². The van der Waals surface area contributed by atoms with Crippen LogP contribution in [0.2, 0.25) is 0 Å². The van der Waals surface area contributed by atoms with E-state index in [1.807, 2.05) is 60.0 Å². The predicted octanol–water partition coefficient (Wildman–Crippen LogP) is 6.37. The van der Waals surface area contributed by atoms with Crippen LogP contribution in [0.3, 0.4) is 0 Å². The number of esters is 1. The molecule has 0 unspecified atom stereocenters. The van der Waals surface area contributed by atoms with Crippen molar-refractivity contribution in [2.75, 3.05) is 77.4 Å². The van der Waals surface area contributed by atoms with Crippen molar-refractivity contribution in [1.29, 1.82) is 0 Å². The quantitative estimate of drug-likeness (QED) is 0.165. The van der Waals surface area contributed by atoms with Crippen LogP contribution in [0.25, 0.3) is 0 Å². The number of carbonyl (C=O) groups is 4. The van der Waals surface area contributed by atoms with E-state index in [9.17, 15) is 24.3 Å². The average molecular weight is 805 g/mol. The number of nitrogens with zero attached hydrogens (tertiary/aromatic N) is 5. The number of piperidine rings is 2. The molecule has 4 aliphatic rings. The van der Waals surface area contributed by atoms with Crippen LogP contribution < -0.4 is 5.32 Å². The van der Waals surface area contributed by atoms with Gasteiger partial charge in [0, 0.05) is 76.5 Å². The first-order valence-electron chi connectivity index (χ1n) is 21.4. The van der Waals surface area contributed by atoms with Gasteiger partial charge in [0.2, 0.25) is 0 Å². The predicted molar refractivity (Wildman–Crippen MR) is 226 cm³/mol. The fourth-order valence-electron chi connectivity index (χ4n) is 8.91. The highest BCUT2D eigenvalue weighted by Gasteiger charge is 2.36. The minimum atomic E-state index is -1.01. The summed E-state index contributed by atoms with van der Waals surface area (Å²) in [5.74, 6) is -0.0838. The van der Waals surface area contributed by atoms with Gasteiger partial charge in [-0.2, -0.15) is 0 Å². The average Bonchev–Trinajstić information content (AvgIpc) is 3.39. The Morgan fingerprint density at radius 1 is 0.845 bits per heavy atom. The fourth-order valence-corrected chi connectivity index (χ4v) is 8.91. The molecule has 2 aromatic rings. The molecule has 320 valence electrons. The van der Waals surface area contributed by atoms with Gasteiger partial charge in [-0.25, -0.2) is 9.59 Å². The van der Waals surface area contributed by atoms with E-state index >= 15 is 0 Å². The molecule has 0 saturated carbocycles. The van der Waals surface area contributed by atoms with Crippen molar-refractivity contribution in [3.8, 4) is 5.75 Å². The van der Waals surface area contributed by atoms with E-state index in [0.717, 1.165) is 88.1 Å². The van der Waals surface area contributed by atoms with Crippen LogP contribution in [0, 0.1) is 13.8 Å². The number of fused-ring (bicyclic) bond motifs is 1. The summed E-state index contributed by atoms with van der Waals surface area (Å²) in [5.41, 5.74) is 4.21. The number of likely N-dealkylation sites (tertiary alicyclic amines) is 2. The molecule has 13 heteroatoms. The number of hydrogen-bond donors (Lipinski definition) is 2. The van der Waals surface area contributed by atoms with Gasteiger partial charge in [0.05, 0.1) is 13.0 Å². The Bertz CT molecular complexity index is 1660. The minimum Gasteiger partial charge on any atom is -0.507 e. The summed E-state index contributed by atoms with van der Waals surface area (Å²) >= 11 is 0. The number of amides is 4. The van der Waals surface area contributed by atoms with Gasteiger partial charge in [0.15, 0.2) is 6.10 Å². The standard InChI is InChI=1S/C44H64N6O7.CH4/c1-4-5-6-9-28-56-40(51)17-20-46-18-13-36(14-19-46)47-24-26-48(27-25-47)42(53)39(31-34-29-32(2)41(52)33(3)30-34)57-44(55)49-21-15-37(16-22-49)50-23-12-35-10-7-8-11-38(35)45-43(50)54;/h7-8,10-11,29-30,36-37,39,52H,4-6,9,12-28,31H2,1-3H3,(H,45,54);1H4/t39-;/m1./s1. The van der Waals surface area contributed by atoms with Crippen LogP contribution in [0.1, 0.15) is 94.4 Å². The summed E-state index contributed by atoms with van der Waals surface area (Å²) in [4.78, 5) is 63.5. The number of benzene rings is 2. The molecule has 1 atom stereocenters. The lowest BCUT2D eigenvalue weighted by atomic mass is 10.00. The highest BCUT2D eigenvalue weighted by molar-refractivity contribution is 5.91. The molecule has 0 spiro atoms. The van der Waals surface area contributed by atoms with Crippen LogP contribution >= 0.6 is 0 Å². The summed E-state index contributed by atoms with van der Waals surface area (Å²) in [6.07, 6.45) is 7.56. The van der Waals surface area contributed by atoms with Gasteiger partial charge in [-0.05, 0) is 93.8 Å². The second-order valence-electron chi connectivity index (χ2n) is 16.4. The highest BCUT2D eigenvalue weighted by atomic mass is 16.6. The number of para-hydroxylation sites is 1. The Balaban J connectivity index is 0.00000641. The Kier molecular flexibility index (Phi) is 16.7. The number of phenolic OH excluding ortho intramolecular Hbond substituents is 1. The van der Waals surface area contributed by atoms with Crippen LogP contribution in [0.15, 0.2) is 36.4 Å². The van der Waals surface area contributed by atoms with Crippen molar-refractivity contribution >= 4 is 29.7 Å². The zero-order chi connectivity index (χ0) is 40.3. The Labute approximate surface area is 346 Å². The molecule has 2 aromatic carbocycles. The van der Waals surface area contributed by atoms with Crippen molar-refractivity contribution in [2.45, 2.75) is 117 Å². The molecule has 0 bridgehead atoms. The monoisotopic (exact) mass is 805 g/mol. The molecule has 3 fully saturated rings.